The fraction of sp³-hybridized carbons (Fsp3) is 0.0833. The van der Waals surface area contributed by atoms with Gasteiger partial charge in [0.15, 0.2) is 5.82 Å². The summed E-state index contributed by atoms with van der Waals surface area (Å²) in [6.07, 6.45) is 1.37. The molecule has 0 bridgehead atoms. The Morgan fingerprint density at radius 3 is 2.90 bits per heavy atom. The Morgan fingerprint density at radius 1 is 1.30 bits per heavy atom. The molecule has 20 heavy (non-hydrogen) atoms. The molecule has 1 aromatic carbocycles. The van der Waals surface area contributed by atoms with Crippen LogP contribution in [0.4, 0.5) is 0 Å². The highest BCUT2D eigenvalue weighted by Gasteiger charge is 2.15. The van der Waals surface area contributed by atoms with Gasteiger partial charge >= 0.3 is 5.97 Å². The molecule has 3 aromatic rings. The number of nitrogens with zero attached hydrogens (tertiary/aromatic N) is 5. The zero-order valence-corrected chi connectivity index (χ0v) is 11.1. The lowest BCUT2D eigenvalue weighted by atomic mass is 10.2. The van der Waals surface area contributed by atoms with E-state index in [0.717, 1.165) is 5.39 Å². The lowest BCUT2D eigenvalue weighted by Crippen LogP contribution is -2.06. The van der Waals surface area contributed by atoms with Crippen LogP contribution in [0.3, 0.4) is 0 Å². The molecular formula is C12H8ClN5O2. The summed E-state index contributed by atoms with van der Waals surface area (Å²) in [6.45, 7) is 0. The van der Waals surface area contributed by atoms with Crippen LogP contribution >= 0.6 is 11.6 Å². The lowest BCUT2D eigenvalue weighted by Gasteiger charge is -2.04. The molecule has 0 fully saturated rings. The summed E-state index contributed by atoms with van der Waals surface area (Å²) in [5.74, 6) is -0.220. The molecule has 0 atom stereocenters. The van der Waals surface area contributed by atoms with Crippen molar-refractivity contribution >= 4 is 28.5 Å². The molecule has 0 saturated heterocycles. The first-order chi connectivity index (χ1) is 9.69. The normalized spacial score (nSPS) is 10.7. The largest absolute Gasteiger partial charge is 0.463 e. The summed E-state index contributed by atoms with van der Waals surface area (Å²) in [5, 5.41) is 4.86. The highest BCUT2D eigenvalue weighted by atomic mass is 35.5. The van der Waals surface area contributed by atoms with Gasteiger partial charge < -0.3 is 4.74 Å². The number of hydrogen-bond acceptors (Lipinski definition) is 6. The highest BCUT2D eigenvalue weighted by molar-refractivity contribution is 6.28. The van der Waals surface area contributed by atoms with Crippen molar-refractivity contribution in [1.29, 1.82) is 0 Å². The average Bonchev–Trinajstić information content (AvgIpc) is 2.95. The fourth-order valence-electron chi connectivity index (χ4n) is 1.76. The second-order valence-corrected chi connectivity index (χ2v) is 4.18. The molecule has 7 nitrogen and oxygen atoms in total. The minimum absolute atomic E-state index is 0.0497. The molecule has 0 spiro atoms. The number of para-hydroxylation sites is 1. The zero-order valence-electron chi connectivity index (χ0n) is 10.3. The molecule has 2 heterocycles. The Kier molecular flexibility index (Phi) is 3.03. The molecule has 0 radical (unpaired) electrons. The highest BCUT2D eigenvalue weighted by Crippen LogP contribution is 2.20. The summed E-state index contributed by atoms with van der Waals surface area (Å²) in [5.41, 5.74) is 0.678. The van der Waals surface area contributed by atoms with Crippen LogP contribution in [0.15, 0.2) is 30.6 Å². The molecule has 8 heteroatoms. The number of ether oxygens (including phenoxy) is 1. The number of methoxy groups -OCH3 is 1. The molecule has 0 aliphatic rings. The van der Waals surface area contributed by atoms with E-state index in [4.69, 9.17) is 11.6 Å². The van der Waals surface area contributed by atoms with Crippen LogP contribution in [0.2, 0.25) is 5.28 Å². The number of halogens is 1. The maximum atomic E-state index is 11.4. The van der Waals surface area contributed by atoms with Crippen LogP contribution in [0.25, 0.3) is 16.7 Å². The van der Waals surface area contributed by atoms with Crippen LogP contribution in [-0.4, -0.2) is 37.8 Å². The molecule has 0 unspecified atom stereocenters. The first kappa shape index (κ1) is 12.5. The molecular weight excluding hydrogens is 282 g/mol. The summed E-state index contributed by atoms with van der Waals surface area (Å²) >= 11 is 5.89. The number of aromatic nitrogens is 5. The van der Waals surface area contributed by atoms with E-state index in [1.54, 1.807) is 0 Å². The first-order valence-corrected chi connectivity index (χ1v) is 5.99. The van der Waals surface area contributed by atoms with Gasteiger partial charge in [-0.25, -0.2) is 19.4 Å². The Morgan fingerprint density at radius 2 is 2.10 bits per heavy atom. The fourth-order valence-corrected chi connectivity index (χ4v) is 1.93. The molecule has 0 amide bonds. The predicted molar refractivity (Wildman–Crippen MR) is 70.8 cm³/mol. The Labute approximate surface area is 118 Å². The van der Waals surface area contributed by atoms with Gasteiger partial charge in [0, 0.05) is 5.39 Å². The minimum atomic E-state index is -0.617. The van der Waals surface area contributed by atoms with Gasteiger partial charge in [0.05, 0.1) is 12.6 Å². The van der Waals surface area contributed by atoms with E-state index in [9.17, 15) is 4.79 Å². The van der Waals surface area contributed by atoms with Crippen LogP contribution in [0.1, 0.15) is 10.6 Å². The third-order valence-electron chi connectivity index (χ3n) is 2.63. The van der Waals surface area contributed by atoms with Crippen LogP contribution in [-0.2, 0) is 4.74 Å². The van der Waals surface area contributed by atoms with Crippen molar-refractivity contribution in [2.45, 2.75) is 0 Å². The number of carbonyl (C=O) groups excluding carboxylic acids is 1. The molecule has 2 aromatic heterocycles. The molecule has 0 aliphatic heterocycles. The van der Waals surface area contributed by atoms with E-state index in [1.165, 1.54) is 18.1 Å². The zero-order chi connectivity index (χ0) is 14.1. The Hall–Kier alpha value is -2.54. The molecule has 3 rings (SSSR count). The third kappa shape index (κ3) is 2.08. The SMILES string of the molecule is COC(=O)c1ncn(-c2nc(Cl)nc3ccccc23)n1. The smallest absolute Gasteiger partial charge is 0.377 e. The average molecular weight is 290 g/mol. The van der Waals surface area contributed by atoms with Gasteiger partial charge in [0.1, 0.15) is 6.33 Å². The monoisotopic (exact) mass is 289 g/mol. The predicted octanol–water partition coefficient (Wildman–Crippen LogP) is 1.65. The summed E-state index contributed by atoms with van der Waals surface area (Å²) in [6, 6.07) is 7.34. The van der Waals surface area contributed by atoms with Gasteiger partial charge in [-0.15, -0.1) is 5.10 Å². The van der Waals surface area contributed by atoms with Crippen molar-refractivity contribution in [3.8, 4) is 5.82 Å². The molecule has 100 valence electrons. The first-order valence-electron chi connectivity index (χ1n) is 5.61. The van der Waals surface area contributed by atoms with Crippen LogP contribution < -0.4 is 0 Å². The van der Waals surface area contributed by atoms with Crippen molar-refractivity contribution < 1.29 is 9.53 Å². The lowest BCUT2D eigenvalue weighted by molar-refractivity contribution is 0.0587. The summed E-state index contributed by atoms with van der Waals surface area (Å²) in [4.78, 5) is 23.5. The quantitative estimate of drug-likeness (QED) is 0.527. The summed E-state index contributed by atoms with van der Waals surface area (Å²) in [7, 11) is 1.26. The second-order valence-electron chi connectivity index (χ2n) is 3.84. The van der Waals surface area contributed by atoms with Gasteiger partial charge in [0.25, 0.3) is 5.82 Å². The maximum Gasteiger partial charge on any atom is 0.377 e. The topological polar surface area (TPSA) is 82.8 Å². The molecule has 0 saturated carbocycles. The van der Waals surface area contributed by atoms with Crippen molar-refractivity contribution in [2.24, 2.45) is 0 Å². The van der Waals surface area contributed by atoms with Gasteiger partial charge in [0.2, 0.25) is 5.28 Å². The van der Waals surface area contributed by atoms with Crippen LogP contribution in [0.5, 0.6) is 0 Å². The number of hydrogen-bond donors (Lipinski definition) is 0. The third-order valence-corrected chi connectivity index (χ3v) is 2.80. The Balaban J connectivity index is 2.19. The van der Waals surface area contributed by atoms with E-state index < -0.39 is 5.97 Å². The van der Waals surface area contributed by atoms with Crippen molar-refractivity contribution in [1.82, 2.24) is 24.7 Å². The number of benzene rings is 1. The second kappa shape index (κ2) is 4.86. The number of rotatable bonds is 2. The standard InChI is InChI=1S/C12H8ClN5O2/c1-20-11(19)9-14-6-18(17-9)10-7-4-2-3-5-8(7)15-12(13)16-10/h2-6H,1H3. The van der Waals surface area contributed by atoms with E-state index in [0.29, 0.717) is 11.3 Å². The number of carbonyl (C=O) groups is 1. The van der Waals surface area contributed by atoms with Gasteiger partial charge in [-0.2, -0.15) is 4.98 Å². The Bertz CT molecular complexity index is 801. The van der Waals surface area contributed by atoms with E-state index in [2.05, 4.69) is 24.8 Å². The van der Waals surface area contributed by atoms with Crippen molar-refractivity contribution in [3.05, 3.63) is 41.7 Å². The van der Waals surface area contributed by atoms with E-state index in [-0.39, 0.29) is 11.1 Å². The summed E-state index contributed by atoms with van der Waals surface area (Å²) < 4.78 is 5.92. The van der Waals surface area contributed by atoms with Gasteiger partial charge in [-0.05, 0) is 23.7 Å². The maximum absolute atomic E-state index is 11.4. The molecule has 0 aliphatic carbocycles. The van der Waals surface area contributed by atoms with Crippen molar-refractivity contribution in [3.63, 3.8) is 0 Å². The van der Waals surface area contributed by atoms with Crippen molar-refractivity contribution in [2.75, 3.05) is 7.11 Å². The molecule has 0 N–H and O–H groups in total. The van der Waals surface area contributed by atoms with Gasteiger partial charge in [-0.3, -0.25) is 0 Å². The van der Waals surface area contributed by atoms with E-state index in [1.807, 2.05) is 24.3 Å². The van der Waals surface area contributed by atoms with Gasteiger partial charge in [-0.1, -0.05) is 12.1 Å². The number of esters is 1. The number of fused-ring (bicyclic) bond motifs is 1. The minimum Gasteiger partial charge on any atom is -0.463 e. The van der Waals surface area contributed by atoms with E-state index >= 15 is 0 Å². The van der Waals surface area contributed by atoms with Crippen LogP contribution in [0, 0.1) is 0 Å².